The van der Waals surface area contributed by atoms with Crippen LogP contribution >= 0.6 is 0 Å². The first-order chi connectivity index (χ1) is 4.18. The molecule has 0 aliphatic heterocycles. The van der Waals surface area contributed by atoms with E-state index in [9.17, 15) is 0 Å². The summed E-state index contributed by atoms with van der Waals surface area (Å²) in [7, 11) is 0. The third kappa shape index (κ3) is 1.83. The minimum Gasteiger partial charge on any atom is -0.393 e. The zero-order valence-electron chi connectivity index (χ0n) is 5.93. The van der Waals surface area contributed by atoms with Crippen molar-refractivity contribution in [3.63, 3.8) is 0 Å². The van der Waals surface area contributed by atoms with E-state index in [-0.39, 0.29) is 6.10 Å². The largest absolute Gasteiger partial charge is 0.393 e. The van der Waals surface area contributed by atoms with Crippen LogP contribution in [0, 0.1) is 5.92 Å². The number of rotatable bonds is 2. The van der Waals surface area contributed by atoms with Crippen LogP contribution < -0.4 is 0 Å². The summed E-state index contributed by atoms with van der Waals surface area (Å²) in [5.74, 6) is 0.734. The van der Waals surface area contributed by atoms with Crippen molar-refractivity contribution in [3.8, 4) is 0 Å². The van der Waals surface area contributed by atoms with Crippen molar-refractivity contribution in [2.75, 3.05) is 0 Å². The molecule has 1 aliphatic rings. The maximum atomic E-state index is 8.90. The Balaban J connectivity index is 2.11. The third-order valence-corrected chi connectivity index (χ3v) is 1.85. The topological polar surface area (TPSA) is 20.2 Å². The summed E-state index contributed by atoms with van der Waals surface area (Å²) < 4.78 is 0. The number of aliphatic hydroxyl groups excluding tert-OH is 1. The molecule has 1 aliphatic carbocycles. The van der Waals surface area contributed by atoms with Crippen LogP contribution in [0.3, 0.4) is 0 Å². The minimum absolute atomic E-state index is 0.00523. The summed E-state index contributed by atoms with van der Waals surface area (Å²) in [6, 6.07) is 0. The molecule has 0 aromatic carbocycles. The zero-order valence-corrected chi connectivity index (χ0v) is 5.93. The van der Waals surface area contributed by atoms with E-state index < -0.39 is 0 Å². The Morgan fingerprint density at radius 3 is 2.56 bits per heavy atom. The maximum Gasteiger partial charge on any atom is 0.0545 e. The molecule has 9 heavy (non-hydrogen) atoms. The van der Waals surface area contributed by atoms with E-state index >= 15 is 0 Å². The molecule has 1 saturated carbocycles. The molecule has 0 aromatic heterocycles. The molecule has 1 N–H and O–H groups in total. The summed E-state index contributed by atoms with van der Waals surface area (Å²) in [5.41, 5.74) is 1.24. The quantitative estimate of drug-likeness (QED) is 0.558. The number of aliphatic hydroxyl groups is 1. The van der Waals surface area contributed by atoms with Crippen molar-refractivity contribution in [1.29, 1.82) is 0 Å². The van der Waals surface area contributed by atoms with Gasteiger partial charge in [0.05, 0.1) is 6.10 Å². The van der Waals surface area contributed by atoms with Crippen molar-refractivity contribution in [3.05, 3.63) is 12.2 Å². The van der Waals surface area contributed by atoms with Gasteiger partial charge in [-0.3, -0.25) is 0 Å². The Morgan fingerprint density at radius 1 is 1.67 bits per heavy atom. The van der Waals surface area contributed by atoms with Gasteiger partial charge < -0.3 is 5.11 Å². The van der Waals surface area contributed by atoms with Crippen LogP contribution in [-0.2, 0) is 0 Å². The van der Waals surface area contributed by atoms with E-state index in [0.717, 1.165) is 25.2 Å². The maximum absolute atomic E-state index is 8.90. The molecule has 0 saturated heterocycles. The lowest BCUT2D eigenvalue weighted by atomic mass is 9.79. The van der Waals surface area contributed by atoms with E-state index in [2.05, 4.69) is 6.58 Å². The van der Waals surface area contributed by atoms with Crippen LogP contribution in [0.15, 0.2) is 12.2 Å². The Labute approximate surface area is 56.4 Å². The van der Waals surface area contributed by atoms with Crippen molar-refractivity contribution < 1.29 is 5.11 Å². The molecule has 0 heterocycles. The van der Waals surface area contributed by atoms with Gasteiger partial charge in [0.1, 0.15) is 0 Å². The first kappa shape index (κ1) is 6.81. The van der Waals surface area contributed by atoms with E-state index in [4.69, 9.17) is 5.11 Å². The molecule has 0 amide bonds. The van der Waals surface area contributed by atoms with Gasteiger partial charge in [-0.15, -0.1) is 6.58 Å². The second-order valence-corrected chi connectivity index (χ2v) is 3.15. The Bertz CT molecular complexity index is 112. The monoisotopic (exact) mass is 126 g/mol. The third-order valence-electron chi connectivity index (χ3n) is 1.85. The molecule has 0 radical (unpaired) electrons. The van der Waals surface area contributed by atoms with Crippen LogP contribution in [0.4, 0.5) is 0 Å². The number of allylic oxidation sites excluding steroid dienone is 1. The van der Waals surface area contributed by atoms with E-state index in [1.807, 2.05) is 6.92 Å². The van der Waals surface area contributed by atoms with Gasteiger partial charge in [-0.1, -0.05) is 5.57 Å². The van der Waals surface area contributed by atoms with Crippen molar-refractivity contribution in [2.45, 2.75) is 32.3 Å². The average Bonchev–Trinajstić information content (AvgIpc) is 1.60. The highest BCUT2D eigenvalue weighted by molar-refractivity contribution is 4.94. The van der Waals surface area contributed by atoms with Gasteiger partial charge in [-0.25, -0.2) is 0 Å². The zero-order chi connectivity index (χ0) is 6.85. The van der Waals surface area contributed by atoms with Gasteiger partial charge in [-0.05, 0) is 32.1 Å². The van der Waals surface area contributed by atoms with Gasteiger partial charge in [-0.2, -0.15) is 0 Å². The van der Waals surface area contributed by atoms with Crippen LogP contribution in [0.5, 0.6) is 0 Å². The summed E-state index contributed by atoms with van der Waals surface area (Å²) in [6.45, 7) is 5.87. The molecule has 52 valence electrons. The highest BCUT2D eigenvalue weighted by Crippen LogP contribution is 2.31. The Hall–Kier alpha value is -0.300. The lowest BCUT2D eigenvalue weighted by Gasteiger charge is -2.31. The smallest absolute Gasteiger partial charge is 0.0545 e. The molecular weight excluding hydrogens is 112 g/mol. The Kier molecular flexibility index (Phi) is 1.91. The van der Waals surface area contributed by atoms with Crippen molar-refractivity contribution in [2.24, 2.45) is 5.92 Å². The normalized spacial score (nSPS) is 33.6. The summed E-state index contributed by atoms with van der Waals surface area (Å²) >= 11 is 0. The standard InChI is InChI=1S/C8H14O/c1-6(2)3-7-4-8(9)5-7/h7-9H,1,3-5H2,2H3. The van der Waals surface area contributed by atoms with Gasteiger partial charge in [0, 0.05) is 0 Å². The molecular formula is C8H14O. The number of hydrogen-bond donors (Lipinski definition) is 1. The molecule has 0 aromatic rings. The van der Waals surface area contributed by atoms with Crippen LogP contribution in [0.1, 0.15) is 26.2 Å². The lowest BCUT2D eigenvalue weighted by molar-refractivity contribution is 0.0433. The van der Waals surface area contributed by atoms with E-state index in [1.54, 1.807) is 0 Å². The van der Waals surface area contributed by atoms with Crippen molar-refractivity contribution >= 4 is 0 Å². The molecule has 1 heteroatoms. The van der Waals surface area contributed by atoms with E-state index in [0.29, 0.717) is 0 Å². The Morgan fingerprint density at radius 2 is 2.22 bits per heavy atom. The molecule has 0 bridgehead atoms. The van der Waals surface area contributed by atoms with Gasteiger partial charge in [0.25, 0.3) is 0 Å². The molecule has 1 rings (SSSR count). The molecule has 1 fully saturated rings. The molecule has 0 spiro atoms. The second-order valence-electron chi connectivity index (χ2n) is 3.15. The minimum atomic E-state index is -0.00523. The fourth-order valence-electron chi connectivity index (χ4n) is 1.36. The summed E-state index contributed by atoms with van der Waals surface area (Å²) in [5, 5.41) is 8.90. The molecule has 0 unspecified atom stereocenters. The predicted molar refractivity (Wildman–Crippen MR) is 38.2 cm³/mol. The van der Waals surface area contributed by atoms with Gasteiger partial charge in [0.2, 0.25) is 0 Å². The highest BCUT2D eigenvalue weighted by Gasteiger charge is 2.26. The van der Waals surface area contributed by atoms with Gasteiger partial charge >= 0.3 is 0 Å². The van der Waals surface area contributed by atoms with E-state index in [1.165, 1.54) is 5.57 Å². The van der Waals surface area contributed by atoms with Crippen LogP contribution in [0.2, 0.25) is 0 Å². The first-order valence-corrected chi connectivity index (χ1v) is 3.51. The van der Waals surface area contributed by atoms with Crippen LogP contribution in [-0.4, -0.2) is 11.2 Å². The average molecular weight is 126 g/mol. The summed E-state index contributed by atoms with van der Waals surface area (Å²) in [4.78, 5) is 0. The lowest BCUT2D eigenvalue weighted by Crippen LogP contribution is -2.28. The van der Waals surface area contributed by atoms with Crippen molar-refractivity contribution in [1.82, 2.24) is 0 Å². The predicted octanol–water partition coefficient (Wildman–Crippen LogP) is 1.72. The first-order valence-electron chi connectivity index (χ1n) is 3.51. The summed E-state index contributed by atoms with van der Waals surface area (Å²) in [6.07, 6.45) is 3.09. The number of hydrogen-bond acceptors (Lipinski definition) is 1. The van der Waals surface area contributed by atoms with Crippen LogP contribution in [0.25, 0.3) is 0 Å². The molecule has 1 nitrogen and oxygen atoms in total. The van der Waals surface area contributed by atoms with Gasteiger partial charge in [0.15, 0.2) is 0 Å². The molecule has 0 atom stereocenters. The fourth-order valence-corrected chi connectivity index (χ4v) is 1.36. The highest BCUT2D eigenvalue weighted by atomic mass is 16.3. The fraction of sp³-hybridized carbons (Fsp3) is 0.750. The SMILES string of the molecule is C=C(C)CC1CC(O)C1. The second kappa shape index (κ2) is 2.53.